The van der Waals surface area contributed by atoms with Gasteiger partial charge in [0.05, 0.1) is 6.07 Å². The molecule has 0 saturated carbocycles. The summed E-state index contributed by atoms with van der Waals surface area (Å²) in [5.74, 6) is 0.476. The van der Waals surface area contributed by atoms with Gasteiger partial charge in [-0.05, 0) is 34.0 Å². The molecule has 25 heavy (non-hydrogen) atoms. The van der Waals surface area contributed by atoms with Crippen molar-refractivity contribution in [3.05, 3.63) is 77.9 Å². The summed E-state index contributed by atoms with van der Waals surface area (Å²) in [7, 11) is 0. The largest absolute Gasteiger partial charge is 0.489 e. The number of fused-ring (bicyclic) bond motifs is 1. The van der Waals surface area contributed by atoms with E-state index in [0.717, 1.165) is 16.9 Å². The van der Waals surface area contributed by atoms with E-state index >= 15 is 0 Å². The highest BCUT2D eigenvalue weighted by Crippen LogP contribution is 2.21. The van der Waals surface area contributed by atoms with Gasteiger partial charge < -0.3 is 10.1 Å². The Balaban J connectivity index is 1.66. The second-order valence-electron chi connectivity index (χ2n) is 5.69. The van der Waals surface area contributed by atoms with E-state index in [1.807, 2.05) is 48.5 Å². The molecule has 0 unspecified atom stereocenters. The molecular weight excluding hydrogens is 312 g/mol. The van der Waals surface area contributed by atoms with Crippen molar-refractivity contribution in [3.63, 3.8) is 0 Å². The highest BCUT2D eigenvalue weighted by atomic mass is 16.5. The molecule has 0 saturated heterocycles. The predicted octanol–water partition coefficient (Wildman–Crippen LogP) is 3.95. The van der Waals surface area contributed by atoms with Crippen molar-refractivity contribution in [2.75, 3.05) is 0 Å². The van der Waals surface area contributed by atoms with Crippen molar-refractivity contribution in [1.82, 2.24) is 5.32 Å². The summed E-state index contributed by atoms with van der Waals surface area (Å²) >= 11 is 0. The van der Waals surface area contributed by atoms with E-state index in [1.165, 1.54) is 10.8 Å². The molecule has 0 aromatic heterocycles. The van der Waals surface area contributed by atoms with Crippen LogP contribution in [-0.2, 0) is 17.9 Å². The first-order valence-corrected chi connectivity index (χ1v) is 8.08. The van der Waals surface area contributed by atoms with E-state index in [-0.39, 0.29) is 12.3 Å². The van der Waals surface area contributed by atoms with Crippen LogP contribution < -0.4 is 10.1 Å². The number of amides is 1. The maximum absolute atomic E-state index is 11.4. The normalized spacial score (nSPS) is 10.2. The fourth-order valence-electron chi connectivity index (χ4n) is 2.66. The number of rotatable bonds is 6. The van der Waals surface area contributed by atoms with Crippen LogP contribution in [0.25, 0.3) is 10.8 Å². The average Bonchev–Trinajstić information content (AvgIpc) is 2.65. The third kappa shape index (κ3) is 4.36. The Bertz CT molecular complexity index is 923. The van der Waals surface area contributed by atoms with Crippen LogP contribution in [0, 0.1) is 11.3 Å². The molecule has 1 amide bonds. The van der Waals surface area contributed by atoms with Gasteiger partial charge in [-0.15, -0.1) is 0 Å². The molecule has 0 heterocycles. The van der Waals surface area contributed by atoms with Gasteiger partial charge in [0.2, 0.25) is 5.91 Å². The Morgan fingerprint density at radius 1 is 1.04 bits per heavy atom. The van der Waals surface area contributed by atoms with Crippen LogP contribution in [-0.4, -0.2) is 5.91 Å². The Morgan fingerprint density at radius 3 is 2.72 bits per heavy atom. The Hall–Kier alpha value is -3.32. The predicted molar refractivity (Wildman–Crippen MR) is 96.8 cm³/mol. The molecule has 0 fully saturated rings. The van der Waals surface area contributed by atoms with E-state index in [0.29, 0.717) is 13.2 Å². The van der Waals surface area contributed by atoms with Crippen LogP contribution in [0.15, 0.2) is 66.7 Å². The fraction of sp³-hybridized carbons (Fsp3) is 0.143. The Kier molecular flexibility index (Phi) is 5.28. The smallest absolute Gasteiger partial charge is 0.234 e. The summed E-state index contributed by atoms with van der Waals surface area (Å²) in [4.78, 5) is 11.4. The van der Waals surface area contributed by atoms with E-state index in [1.54, 1.807) is 0 Å². The number of nitriles is 1. The van der Waals surface area contributed by atoms with Crippen molar-refractivity contribution in [3.8, 4) is 11.8 Å². The summed E-state index contributed by atoms with van der Waals surface area (Å²) in [6.45, 7) is 0.859. The van der Waals surface area contributed by atoms with Gasteiger partial charge in [0.15, 0.2) is 0 Å². The van der Waals surface area contributed by atoms with Crippen molar-refractivity contribution in [2.45, 2.75) is 19.6 Å². The van der Waals surface area contributed by atoms with E-state index in [9.17, 15) is 4.79 Å². The van der Waals surface area contributed by atoms with Crippen LogP contribution in [0.1, 0.15) is 17.5 Å². The second-order valence-corrected chi connectivity index (χ2v) is 5.69. The van der Waals surface area contributed by atoms with Crippen LogP contribution in [0.3, 0.4) is 0 Å². The van der Waals surface area contributed by atoms with Crippen molar-refractivity contribution < 1.29 is 9.53 Å². The number of carbonyl (C=O) groups is 1. The van der Waals surface area contributed by atoms with E-state index in [2.05, 4.69) is 29.6 Å². The molecule has 1 N–H and O–H groups in total. The monoisotopic (exact) mass is 330 g/mol. The van der Waals surface area contributed by atoms with Crippen molar-refractivity contribution >= 4 is 16.7 Å². The zero-order chi connectivity index (χ0) is 17.5. The SMILES string of the molecule is N#CCC(=O)NCc1cccc(OCc2cccc3ccccc23)c1. The molecule has 0 radical (unpaired) electrons. The lowest BCUT2D eigenvalue weighted by molar-refractivity contribution is -0.120. The molecule has 0 atom stereocenters. The molecule has 124 valence electrons. The number of hydrogen-bond acceptors (Lipinski definition) is 3. The molecule has 4 nitrogen and oxygen atoms in total. The van der Waals surface area contributed by atoms with Gasteiger partial charge in [-0.2, -0.15) is 5.26 Å². The second kappa shape index (κ2) is 7.98. The maximum atomic E-state index is 11.4. The summed E-state index contributed by atoms with van der Waals surface area (Å²) in [6.07, 6.45) is -0.128. The van der Waals surface area contributed by atoms with Gasteiger partial charge in [-0.1, -0.05) is 54.6 Å². The van der Waals surface area contributed by atoms with Crippen molar-refractivity contribution in [1.29, 1.82) is 5.26 Å². The van der Waals surface area contributed by atoms with Gasteiger partial charge in [-0.3, -0.25) is 4.79 Å². The highest BCUT2D eigenvalue weighted by molar-refractivity contribution is 5.85. The van der Waals surface area contributed by atoms with Crippen molar-refractivity contribution in [2.24, 2.45) is 0 Å². The summed E-state index contributed by atoms with van der Waals surface area (Å²) in [6, 6.07) is 23.8. The Labute approximate surface area is 146 Å². The molecular formula is C21H18N2O2. The van der Waals surface area contributed by atoms with Gasteiger partial charge in [0.1, 0.15) is 18.8 Å². The van der Waals surface area contributed by atoms with E-state index < -0.39 is 0 Å². The molecule has 0 aliphatic carbocycles. The molecule has 4 heteroatoms. The average molecular weight is 330 g/mol. The number of benzene rings is 3. The number of nitrogens with zero attached hydrogens (tertiary/aromatic N) is 1. The molecule has 0 aliphatic heterocycles. The lowest BCUT2D eigenvalue weighted by Crippen LogP contribution is -2.21. The minimum Gasteiger partial charge on any atom is -0.489 e. The third-order valence-electron chi connectivity index (χ3n) is 3.90. The lowest BCUT2D eigenvalue weighted by atomic mass is 10.1. The number of carbonyl (C=O) groups excluding carboxylic acids is 1. The first-order chi connectivity index (χ1) is 12.3. The molecule has 0 aliphatic rings. The molecule has 0 spiro atoms. The van der Waals surface area contributed by atoms with Crippen LogP contribution in [0.5, 0.6) is 5.75 Å². The molecule has 3 aromatic carbocycles. The first-order valence-electron chi connectivity index (χ1n) is 8.08. The minimum atomic E-state index is -0.274. The summed E-state index contributed by atoms with van der Waals surface area (Å²) in [5, 5.41) is 13.6. The van der Waals surface area contributed by atoms with Gasteiger partial charge in [-0.25, -0.2) is 0 Å². The van der Waals surface area contributed by atoms with Crippen LogP contribution in [0.4, 0.5) is 0 Å². The fourth-order valence-corrected chi connectivity index (χ4v) is 2.66. The quantitative estimate of drug-likeness (QED) is 0.744. The lowest BCUT2D eigenvalue weighted by Gasteiger charge is -2.10. The Morgan fingerprint density at radius 2 is 1.84 bits per heavy atom. The topological polar surface area (TPSA) is 62.1 Å². The van der Waals surface area contributed by atoms with E-state index in [4.69, 9.17) is 10.00 Å². The zero-order valence-electron chi connectivity index (χ0n) is 13.7. The minimum absolute atomic E-state index is 0.128. The summed E-state index contributed by atoms with van der Waals surface area (Å²) < 4.78 is 5.93. The number of ether oxygens (including phenoxy) is 1. The molecule has 0 bridgehead atoms. The van der Waals surface area contributed by atoms with Crippen LogP contribution in [0.2, 0.25) is 0 Å². The summed E-state index contributed by atoms with van der Waals surface area (Å²) in [5.41, 5.74) is 2.06. The van der Waals surface area contributed by atoms with Gasteiger partial charge in [0.25, 0.3) is 0 Å². The highest BCUT2D eigenvalue weighted by Gasteiger charge is 2.04. The van der Waals surface area contributed by atoms with Gasteiger partial charge in [0, 0.05) is 6.54 Å². The first kappa shape index (κ1) is 16.5. The molecule has 3 rings (SSSR count). The number of nitrogens with one attached hydrogen (secondary N) is 1. The number of hydrogen-bond donors (Lipinski definition) is 1. The van der Waals surface area contributed by atoms with Gasteiger partial charge >= 0.3 is 0 Å². The third-order valence-corrected chi connectivity index (χ3v) is 3.90. The standard InChI is InChI=1S/C21H18N2O2/c22-12-11-21(24)23-14-16-5-3-9-19(13-16)25-15-18-8-4-7-17-6-1-2-10-20(17)18/h1-10,13H,11,14-15H2,(H,23,24). The zero-order valence-corrected chi connectivity index (χ0v) is 13.7. The molecule has 3 aromatic rings. The van der Waals surface area contributed by atoms with Crippen LogP contribution >= 0.6 is 0 Å². The maximum Gasteiger partial charge on any atom is 0.234 e.